The summed E-state index contributed by atoms with van der Waals surface area (Å²) in [5, 5.41) is 2.14. The molecule has 0 aliphatic rings. The molecule has 5 aromatic carbocycles. The second kappa shape index (κ2) is 8.99. The van der Waals surface area contributed by atoms with E-state index in [4.69, 9.17) is 24.4 Å². The highest BCUT2D eigenvalue weighted by Gasteiger charge is 2.19. The van der Waals surface area contributed by atoms with Gasteiger partial charge in [-0.2, -0.15) is 9.97 Å². The minimum atomic E-state index is 0.543. The second-order valence-corrected chi connectivity index (χ2v) is 9.59. The maximum atomic E-state index is 6.26. The summed E-state index contributed by atoms with van der Waals surface area (Å²) in [6.07, 6.45) is 0. The van der Waals surface area contributed by atoms with E-state index in [1.165, 1.54) is 0 Å². The lowest BCUT2D eigenvalue weighted by Crippen LogP contribution is -2.06. The number of hydrogen-bond donors (Lipinski definition) is 0. The SMILES string of the molecule is c1ccc(-c2nc(-c3ccccc3)nc(-n3c4ccccc4c4cc5nc(-c6ccccc6)oc5cc43)n2)cc1. The van der Waals surface area contributed by atoms with Crippen LogP contribution >= 0.6 is 0 Å². The van der Waals surface area contributed by atoms with Gasteiger partial charge in [0.15, 0.2) is 17.2 Å². The first-order chi connectivity index (χ1) is 19.8. The fourth-order valence-corrected chi connectivity index (χ4v) is 5.21. The zero-order valence-corrected chi connectivity index (χ0v) is 21.3. The van der Waals surface area contributed by atoms with E-state index in [1.54, 1.807) is 0 Å². The standard InChI is InChI=1S/C34H21N5O/c1-4-12-22(13-5-1)31-36-32(23-14-6-2-7-15-23)38-34(37-31)39-28-19-11-10-18-25(28)26-20-27-30(21-29(26)39)40-33(35-27)24-16-8-3-9-17-24/h1-21H. The molecule has 188 valence electrons. The van der Waals surface area contributed by atoms with Crippen molar-refractivity contribution in [2.45, 2.75) is 0 Å². The number of benzene rings is 5. The summed E-state index contributed by atoms with van der Waals surface area (Å²) in [4.78, 5) is 19.7. The molecular formula is C34H21N5O. The minimum absolute atomic E-state index is 0.543. The van der Waals surface area contributed by atoms with Crippen LogP contribution in [-0.4, -0.2) is 24.5 Å². The van der Waals surface area contributed by atoms with Gasteiger partial charge in [-0.15, -0.1) is 0 Å². The van der Waals surface area contributed by atoms with Gasteiger partial charge < -0.3 is 4.42 Å². The lowest BCUT2D eigenvalue weighted by Gasteiger charge is -2.10. The molecule has 0 saturated heterocycles. The number of aromatic nitrogens is 5. The number of para-hydroxylation sites is 1. The average molecular weight is 516 g/mol. The summed E-state index contributed by atoms with van der Waals surface area (Å²) in [5.74, 6) is 2.36. The summed E-state index contributed by atoms with van der Waals surface area (Å²) < 4.78 is 8.35. The van der Waals surface area contributed by atoms with Crippen LogP contribution in [0.1, 0.15) is 0 Å². The summed E-state index contributed by atoms with van der Waals surface area (Å²) in [6.45, 7) is 0. The smallest absolute Gasteiger partial charge is 0.238 e. The van der Waals surface area contributed by atoms with Crippen LogP contribution in [0.25, 0.3) is 73.1 Å². The molecule has 0 radical (unpaired) electrons. The molecule has 6 nitrogen and oxygen atoms in total. The van der Waals surface area contributed by atoms with E-state index in [1.807, 2.05) is 109 Å². The van der Waals surface area contributed by atoms with E-state index in [0.29, 0.717) is 29.1 Å². The van der Waals surface area contributed by atoms with Crippen LogP contribution < -0.4 is 0 Å². The fraction of sp³-hybridized carbons (Fsp3) is 0. The van der Waals surface area contributed by atoms with Gasteiger partial charge in [-0.05, 0) is 24.3 Å². The minimum Gasteiger partial charge on any atom is -0.436 e. The van der Waals surface area contributed by atoms with Crippen molar-refractivity contribution in [1.82, 2.24) is 24.5 Å². The highest BCUT2D eigenvalue weighted by Crippen LogP contribution is 2.36. The van der Waals surface area contributed by atoms with Crippen molar-refractivity contribution in [3.8, 4) is 40.2 Å². The maximum Gasteiger partial charge on any atom is 0.238 e. The number of rotatable bonds is 4. The number of hydrogen-bond acceptors (Lipinski definition) is 5. The fourth-order valence-electron chi connectivity index (χ4n) is 5.21. The van der Waals surface area contributed by atoms with Gasteiger partial charge in [0.25, 0.3) is 0 Å². The van der Waals surface area contributed by atoms with Gasteiger partial charge in [0, 0.05) is 33.5 Å². The van der Waals surface area contributed by atoms with Crippen molar-refractivity contribution in [3.05, 3.63) is 127 Å². The molecule has 40 heavy (non-hydrogen) atoms. The summed E-state index contributed by atoms with van der Waals surface area (Å²) in [7, 11) is 0. The van der Waals surface area contributed by atoms with Crippen LogP contribution in [0, 0.1) is 0 Å². The monoisotopic (exact) mass is 515 g/mol. The van der Waals surface area contributed by atoms with Crippen LogP contribution in [0.3, 0.4) is 0 Å². The molecule has 0 unspecified atom stereocenters. The molecule has 0 spiro atoms. The molecule has 8 rings (SSSR count). The third kappa shape index (κ3) is 3.66. The molecule has 8 aromatic rings. The molecule has 0 aliphatic heterocycles. The molecular weight excluding hydrogens is 494 g/mol. The third-order valence-electron chi connectivity index (χ3n) is 7.09. The Hall–Kier alpha value is -5.62. The predicted molar refractivity (Wildman–Crippen MR) is 158 cm³/mol. The lowest BCUT2D eigenvalue weighted by molar-refractivity contribution is 0.620. The second-order valence-electron chi connectivity index (χ2n) is 9.59. The van der Waals surface area contributed by atoms with Crippen molar-refractivity contribution >= 4 is 32.9 Å². The molecule has 0 N–H and O–H groups in total. The first-order valence-corrected chi connectivity index (χ1v) is 13.1. The largest absolute Gasteiger partial charge is 0.436 e. The van der Waals surface area contributed by atoms with Gasteiger partial charge in [0.1, 0.15) is 5.52 Å². The van der Waals surface area contributed by atoms with Gasteiger partial charge in [-0.25, -0.2) is 9.97 Å². The van der Waals surface area contributed by atoms with Gasteiger partial charge in [0.2, 0.25) is 11.8 Å². The molecule has 6 heteroatoms. The number of fused-ring (bicyclic) bond motifs is 4. The normalized spacial score (nSPS) is 11.5. The molecule has 0 bridgehead atoms. The van der Waals surface area contributed by atoms with Crippen molar-refractivity contribution < 1.29 is 4.42 Å². The highest BCUT2D eigenvalue weighted by molar-refractivity contribution is 6.12. The van der Waals surface area contributed by atoms with E-state index >= 15 is 0 Å². The van der Waals surface area contributed by atoms with Gasteiger partial charge in [-0.3, -0.25) is 4.57 Å². The number of nitrogens with zero attached hydrogens (tertiary/aromatic N) is 5. The number of oxazole rings is 1. The summed E-state index contributed by atoms with van der Waals surface area (Å²) in [6, 6.07) is 42.4. The van der Waals surface area contributed by atoms with E-state index in [2.05, 4.69) is 22.8 Å². The van der Waals surface area contributed by atoms with Gasteiger partial charge >= 0.3 is 0 Å². The topological polar surface area (TPSA) is 69.6 Å². The molecule has 0 saturated carbocycles. The lowest BCUT2D eigenvalue weighted by atomic mass is 10.1. The Morgan fingerprint density at radius 1 is 0.475 bits per heavy atom. The zero-order valence-electron chi connectivity index (χ0n) is 21.3. The Bertz CT molecular complexity index is 2090. The Balaban J connectivity index is 1.42. The van der Waals surface area contributed by atoms with E-state index < -0.39 is 0 Å². The molecule has 0 atom stereocenters. The molecule has 0 amide bonds. The summed E-state index contributed by atoms with van der Waals surface area (Å²) in [5.41, 5.74) is 6.24. The van der Waals surface area contributed by atoms with Crippen LogP contribution in [0.4, 0.5) is 0 Å². The van der Waals surface area contributed by atoms with E-state index in [0.717, 1.165) is 44.0 Å². The van der Waals surface area contributed by atoms with Crippen molar-refractivity contribution in [1.29, 1.82) is 0 Å². The van der Waals surface area contributed by atoms with E-state index in [9.17, 15) is 0 Å². The Labute approximate surface area is 229 Å². The Kier molecular flexibility index (Phi) is 5.03. The van der Waals surface area contributed by atoms with Crippen molar-refractivity contribution in [2.24, 2.45) is 0 Å². The molecule has 0 fully saturated rings. The predicted octanol–water partition coefficient (Wildman–Crippen LogP) is 8.11. The zero-order chi connectivity index (χ0) is 26.5. The van der Waals surface area contributed by atoms with Crippen molar-refractivity contribution in [2.75, 3.05) is 0 Å². The Morgan fingerprint density at radius 3 is 1.70 bits per heavy atom. The quantitative estimate of drug-likeness (QED) is 0.237. The van der Waals surface area contributed by atoms with Crippen LogP contribution in [0.5, 0.6) is 0 Å². The molecule has 3 aromatic heterocycles. The Morgan fingerprint density at radius 2 is 1.05 bits per heavy atom. The highest BCUT2D eigenvalue weighted by atomic mass is 16.3. The molecule has 3 heterocycles. The van der Waals surface area contributed by atoms with Crippen LogP contribution in [0.15, 0.2) is 132 Å². The maximum absolute atomic E-state index is 6.26. The van der Waals surface area contributed by atoms with Gasteiger partial charge in [0.05, 0.1) is 11.0 Å². The first-order valence-electron chi connectivity index (χ1n) is 13.1. The van der Waals surface area contributed by atoms with Crippen LogP contribution in [0.2, 0.25) is 0 Å². The molecule has 0 aliphatic carbocycles. The third-order valence-corrected chi connectivity index (χ3v) is 7.09. The van der Waals surface area contributed by atoms with Crippen LogP contribution in [-0.2, 0) is 0 Å². The average Bonchev–Trinajstić information content (AvgIpc) is 3.59. The van der Waals surface area contributed by atoms with E-state index in [-0.39, 0.29) is 0 Å². The van der Waals surface area contributed by atoms with Gasteiger partial charge in [-0.1, -0.05) is 97.1 Å². The summed E-state index contributed by atoms with van der Waals surface area (Å²) >= 11 is 0. The van der Waals surface area contributed by atoms with Crippen molar-refractivity contribution in [3.63, 3.8) is 0 Å². The first kappa shape index (κ1) is 22.4.